The van der Waals surface area contributed by atoms with Crippen molar-refractivity contribution >= 4 is 34.1 Å². The predicted molar refractivity (Wildman–Crippen MR) is 133 cm³/mol. The van der Waals surface area contributed by atoms with E-state index in [4.69, 9.17) is 22.3 Å². The smallest absolute Gasteiger partial charge is 0.185 e. The summed E-state index contributed by atoms with van der Waals surface area (Å²) < 4.78 is 0. The molecule has 166 valence electrons. The second kappa shape index (κ2) is 9.28. The van der Waals surface area contributed by atoms with Crippen LogP contribution in [0.2, 0.25) is 5.02 Å². The minimum atomic E-state index is -0.0404. The van der Waals surface area contributed by atoms with Crippen LogP contribution in [0.25, 0.3) is 33.4 Å². The number of nitrogens with two attached hydrogens (primary N) is 1. The number of benzene rings is 2. The fourth-order valence-electron chi connectivity index (χ4n) is 4.69. The number of carbonyl (C=O) groups is 1. The fourth-order valence-corrected chi connectivity index (χ4v) is 4.96. The molecule has 0 aliphatic heterocycles. The van der Waals surface area contributed by atoms with Crippen LogP contribution in [0.15, 0.2) is 60.8 Å². The molecule has 33 heavy (non-hydrogen) atoms. The molecule has 0 amide bonds. The van der Waals surface area contributed by atoms with Crippen molar-refractivity contribution in [2.24, 2.45) is 5.92 Å². The number of carbonyl (C=O) groups excluding carboxylic acids is 1. The van der Waals surface area contributed by atoms with Gasteiger partial charge in [0.2, 0.25) is 0 Å². The number of pyridine rings is 1. The Kier molecular flexibility index (Phi) is 6.05. The van der Waals surface area contributed by atoms with E-state index in [-0.39, 0.29) is 17.3 Å². The van der Waals surface area contributed by atoms with E-state index in [0.29, 0.717) is 28.7 Å². The molecule has 0 atom stereocenters. The lowest BCUT2D eigenvalue weighted by Crippen LogP contribution is -2.16. The predicted octanol–water partition coefficient (Wildman–Crippen LogP) is 6.75. The lowest BCUT2D eigenvalue weighted by atomic mass is 9.85. The quantitative estimate of drug-likeness (QED) is 0.336. The summed E-state index contributed by atoms with van der Waals surface area (Å²) in [6, 6.07) is 17.4. The summed E-state index contributed by atoms with van der Waals surface area (Å²) in [5.41, 5.74) is 10.1. The first-order chi connectivity index (χ1) is 16.1. The number of fused-ring (bicyclic) bond motifs is 1. The molecule has 0 radical (unpaired) electrons. The molecule has 0 bridgehead atoms. The summed E-state index contributed by atoms with van der Waals surface area (Å²) >= 11 is 6.57. The maximum Gasteiger partial charge on any atom is 0.185 e. The van der Waals surface area contributed by atoms with E-state index in [9.17, 15) is 4.79 Å². The van der Waals surface area contributed by atoms with Gasteiger partial charge in [-0.2, -0.15) is 0 Å². The van der Waals surface area contributed by atoms with Gasteiger partial charge in [0.15, 0.2) is 11.6 Å². The van der Waals surface area contributed by atoms with Gasteiger partial charge in [-0.15, -0.1) is 0 Å². The van der Waals surface area contributed by atoms with Crippen molar-refractivity contribution in [3.05, 3.63) is 71.5 Å². The van der Waals surface area contributed by atoms with Crippen molar-refractivity contribution in [3.8, 4) is 22.5 Å². The molecular weight excluding hydrogens is 432 g/mol. The van der Waals surface area contributed by atoms with Gasteiger partial charge in [0.05, 0.1) is 21.9 Å². The summed E-state index contributed by atoms with van der Waals surface area (Å²) in [5, 5.41) is 1.42. The number of rotatable bonds is 5. The first-order valence-electron chi connectivity index (χ1n) is 11.4. The van der Waals surface area contributed by atoms with Crippen molar-refractivity contribution in [1.82, 2.24) is 15.0 Å². The van der Waals surface area contributed by atoms with Crippen molar-refractivity contribution < 1.29 is 4.79 Å². The molecule has 5 rings (SSSR count). The van der Waals surface area contributed by atoms with Crippen molar-refractivity contribution in [1.29, 1.82) is 0 Å². The van der Waals surface area contributed by atoms with Crippen LogP contribution in [0.1, 0.15) is 49.0 Å². The normalized spacial score (nSPS) is 14.5. The third-order valence-corrected chi connectivity index (χ3v) is 6.65. The molecule has 1 aliphatic carbocycles. The van der Waals surface area contributed by atoms with Gasteiger partial charge in [0.25, 0.3) is 0 Å². The van der Waals surface area contributed by atoms with E-state index < -0.39 is 0 Å². The molecule has 0 spiro atoms. The summed E-state index contributed by atoms with van der Waals surface area (Å²) in [6.07, 6.45) is 7.96. The highest BCUT2D eigenvalue weighted by atomic mass is 35.5. The highest BCUT2D eigenvalue weighted by Crippen LogP contribution is 2.35. The maximum atomic E-state index is 13.2. The highest BCUT2D eigenvalue weighted by molar-refractivity contribution is 6.35. The first kappa shape index (κ1) is 21.5. The molecule has 0 unspecified atom stereocenters. The van der Waals surface area contributed by atoms with Gasteiger partial charge < -0.3 is 5.73 Å². The molecule has 4 aromatic rings. The number of anilines is 1. The number of nitrogen functional groups attached to an aromatic ring is 1. The standard InChI is InChI=1S/C27H25ClN4O/c28-21-16-20(15-19-12-7-13-30-23(19)21)25-24(18-10-5-2-6-11-18)32-27(29)26(31-25)22(33)14-17-8-3-1-4-9-17/h2,5-7,10-13,15-17H,1,3-4,8-9,14H2,(H2,29,32). The number of halogens is 1. The molecule has 1 fully saturated rings. The number of aromatic nitrogens is 3. The van der Waals surface area contributed by atoms with E-state index in [1.165, 1.54) is 19.3 Å². The highest BCUT2D eigenvalue weighted by Gasteiger charge is 2.24. The summed E-state index contributed by atoms with van der Waals surface area (Å²) in [4.78, 5) is 27.1. The Morgan fingerprint density at radius 2 is 1.70 bits per heavy atom. The Morgan fingerprint density at radius 1 is 0.939 bits per heavy atom. The van der Waals surface area contributed by atoms with Gasteiger partial charge in [0.1, 0.15) is 5.69 Å². The van der Waals surface area contributed by atoms with Crippen LogP contribution in [0.4, 0.5) is 5.82 Å². The largest absolute Gasteiger partial charge is 0.382 e. The van der Waals surface area contributed by atoms with Crippen molar-refractivity contribution in [3.63, 3.8) is 0 Å². The minimum absolute atomic E-state index is 0.0404. The molecule has 2 N–H and O–H groups in total. The molecule has 2 heterocycles. The Labute approximate surface area is 198 Å². The molecule has 1 saturated carbocycles. The average Bonchev–Trinajstić information content (AvgIpc) is 2.85. The van der Waals surface area contributed by atoms with Crippen LogP contribution >= 0.6 is 11.6 Å². The third-order valence-electron chi connectivity index (χ3n) is 6.36. The number of hydrogen-bond acceptors (Lipinski definition) is 5. The minimum Gasteiger partial charge on any atom is -0.382 e. The molecule has 6 heteroatoms. The van der Waals surface area contributed by atoms with Gasteiger partial charge in [-0.05, 0) is 24.1 Å². The van der Waals surface area contributed by atoms with Gasteiger partial charge in [-0.3, -0.25) is 9.78 Å². The van der Waals surface area contributed by atoms with Gasteiger partial charge >= 0.3 is 0 Å². The number of ketones is 1. The van der Waals surface area contributed by atoms with Gasteiger partial charge in [0, 0.05) is 29.1 Å². The van der Waals surface area contributed by atoms with Crippen LogP contribution in [-0.2, 0) is 0 Å². The van der Waals surface area contributed by atoms with Gasteiger partial charge in [-0.25, -0.2) is 9.97 Å². The van der Waals surface area contributed by atoms with E-state index in [1.54, 1.807) is 6.20 Å². The van der Waals surface area contributed by atoms with Crippen LogP contribution in [0.3, 0.4) is 0 Å². The molecular formula is C27H25ClN4O. The van der Waals surface area contributed by atoms with E-state index >= 15 is 0 Å². The van der Waals surface area contributed by atoms with E-state index in [0.717, 1.165) is 34.9 Å². The van der Waals surface area contributed by atoms with Crippen LogP contribution in [-0.4, -0.2) is 20.7 Å². The first-order valence-corrected chi connectivity index (χ1v) is 11.8. The molecule has 0 saturated heterocycles. The Bertz CT molecular complexity index is 1320. The summed E-state index contributed by atoms with van der Waals surface area (Å²) in [5.74, 6) is 0.527. The number of Topliss-reactive ketones (excluding diaryl/α,β-unsaturated/α-hetero) is 1. The Morgan fingerprint density at radius 3 is 2.48 bits per heavy atom. The van der Waals surface area contributed by atoms with Crippen molar-refractivity contribution in [2.75, 3.05) is 5.73 Å². The Balaban J connectivity index is 1.64. The maximum absolute atomic E-state index is 13.2. The lowest BCUT2D eigenvalue weighted by Gasteiger charge is -2.21. The third kappa shape index (κ3) is 4.46. The zero-order valence-electron chi connectivity index (χ0n) is 18.3. The number of nitrogens with zero attached hydrogens (tertiary/aromatic N) is 3. The molecule has 1 aliphatic rings. The lowest BCUT2D eigenvalue weighted by molar-refractivity contribution is 0.0946. The second-order valence-corrected chi connectivity index (χ2v) is 9.09. The monoisotopic (exact) mass is 456 g/mol. The van der Waals surface area contributed by atoms with Crippen LogP contribution in [0, 0.1) is 5.92 Å². The molecule has 5 nitrogen and oxygen atoms in total. The van der Waals surface area contributed by atoms with Crippen molar-refractivity contribution in [2.45, 2.75) is 38.5 Å². The topological polar surface area (TPSA) is 81.8 Å². The zero-order valence-corrected chi connectivity index (χ0v) is 19.1. The zero-order chi connectivity index (χ0) is 22.8. The van der Waals surface area contributed by atoms with Crippen LogP contribution < -0.4 is 5.73 Å². The molecule has 2 aromatic heterocycles. The molecule has 2 aromatic carbocycles. The summed E-state index contributed by atoms with van der Waals surface area (Å²) in [7, 11) is 0. The Hall–Kier alpha value is -3.31. The average molecular weight is 457 g/mol. The van der Waals surface area contributed by atoms with Gasteiger partial charge in [-0.1, -0.05) is 80.1 Å². The SMILES string of the molecule is Nc1nc(-c2ccccc2)c(-c2cc(Cl)c3ncccc3c2)nc1C(=O)CC1CCCCC1. The van der Waals surface area contributed by atoms with E-state index in [2.05, 4.69) is 9.97 Å². The van der Waals surface area contributed by atoms with Crippen LogP contribution in [0.5, 0.6) is 0 Å². The van der Waals surface area contributed by atoms with E-state index in [1.807, 2.05) is 54.6 Å². The number of hydrogen-bond donors (Lipinski definition) is 1. The fraction of sp³-hybridized carbons (Fsp3) is 0.259. The summed E-state index contributed by atoms with van der Waals surface area (Å²) in [6.45, 7) is 0. The second-order valence-electron chi connectivity index (χ2n) is 8.69.